The zero-order valence-corrected chi connectivity index (χ0v) is 11.9. The number of fused-ring (bicyclic) bond motifs is 1. The minimum absolute atomic E-state index is 0.0957. The van der Waals surface area contributed by atoms with E-state index in [0.29, 0.717) is 24.9 Å². The molecule has 1 aromatic carbocycles. The third-order valence-corrected chi connectivity index (χ3v) is 4.46. The molecule has 4 heteroatoms. The van der Waals surface area contributed by atoms with E-state index >= 15 is 0 Å². The van der Waals surface area contributed by atoms with Gasteiger partial charge in [0.2, 0.25) is 5.91 Å². The molecule has 2 heterocycles. The molecule has 0 N–H and O–H groups in total. The fourth-order valence-corrected chi connectivity index (χ4v) is 3.20. The highest BCUT2D eigenvalue weighted by atomic mass is 32.1. The Morgan fingerprint density at radius 3 is 2.85 bits per heavy atom. The van der Waals surface area contributed by atoms with Crippen LogP contribution >= 0.6 is 11.3 Å². The Hall–Kier alpha value is -1.94. The minimum Gasteiger partial charge on any atom is -0.311 e. The van der Waals surface area contributed by atoms with Crippen LogP contribution in [0.1, 0.15) is 28.1 Å². The second-order valence-corrected chi connectivity index (χ2v) is 5.85. The third-order valence-electron chi connectivity index (χ3n) is 3.52. The molecule has 0 bridgehead atoms. The number of nitrogens with zero attached hydrogens (tertiary/aromatic N) is 1. The number of carbonyl (C=O) groups excluding carboxylic acids is 2. The van der Waals surface area contributed by atoms with Crippen LogP contribution in [0.15, 0.2) is 41.8 Å². The Morgan fingerprint density at radius 1 is 1.20 bits per heavy atom. The molecule has 1 aliphatic rings. The standard InChI is InChI=1S/C16H15NO2S/c18-15-9-10-17(14-6-2-1-5-13(14)15)16(19)8-7-12-4-3-11-20-12/h1-6,11H,7-10H2. The number of para-hydroxylation sites is 1. The Bertz CT molecular complexity index is 634. The van der Waals surface area contributed by atoms with Crippen molar-refractivity contribution in [3.05, 3.63) is 52.2 Å². The summed E-state index contributed by atoms with van der Waals surface area (Å²) >= 11 is 1.67. The second kappa shape index (κ2) is 5.59. The molecule has 1 amide bonds. The molecule has 1 aromatic heterocycles. The van der Waals surface area contributed by atoms with Gasteiger partial charge < -0.3 is 4.90 Å². The summed E-state index contributed by atoms with van der Waals surface area (Å²) in [5, 5.41) is 2.02. The SMILES string of the molecule is O=C1CCN(C(=O)CCc2cccs2)c2ccccc21. The fourth-order valence-electron chi connectivity index (χ4n) is 2.49. The smallest absolute Gasteiger partial charge is 0.227 e. The third kappa shape index (κ3) is 2.51. The molecule has 102 valence electrons. The van der Waals surface area contributed by atoms with Crippen molar-refractivity contribution in [2.75, 3.05) is 11.4 Å². The number of thiophene rings is 1. The summed E-state index contributed by atoms with van der Waals surface area (Å²) in [5.41, 5.74) is 1.43. The molecule has 3 nitrogen and oxygen atoms in total. The normalized spacial score (nSPS) is 14.2. The van der Waals surface area contributed by atoms with Crippen molar-refractivity contribution in [3.63, 3.8) is 0 Å². The van der Waals surface area contributed by atoms with Crippen LogP contribution < -0.4 is 4.90 Å². The van der Waals surface area contributed by atoms with E-state index in [1.807, 2.05) is 35.7 Å². The number of rotatable bonds is 3. The number of carbonyl (C=O) groups is 2. The van der Waals surface area contributed by atoms with Crippen molar-refractivity contribution in [1.29, 1.82) is 0 Å². The predicted octanol–water partition coefficient (Wildman–Crippen LogP) is 3.30. The average Bonchev–Trinajstić information content (AvgIpc) is 2.99. The molecule has 0 spiro atoms. The lowest BCUT2D eigenvalue weighted by molar-refractivity contribution is -0.118. The van der Waals surface area contributed by atoms with E-state index < -0.39 is 0 Å². The van der Waals surface area contributed by atoms with Gasteiger partial charge in [-0.1, -0.05) is 18.2 Å². The molecule has 20 heavy (non-hydrogen) atoms. The summed E-state index contributed by atoms with van der Waals surface area (Å²) in [6, 6.07) is 11.4. The van der Waals surface area contributed by atoms with Gasteiger partial charge in [-0.2, -0.15) is 0 Å². The molecule has 0 radical (unpaired) electrons. The number of hydrogen-bond donors (Lipinski definition) is 0. The lowest BCUT2D eigenvalue weighted by Gasteiger charge is -2.28. The average molecular weight is 285 g/mol. The van der Waals surface area contributed by atoms with Gasteiger partial charge in [-0.25, -0.2) is 0 Å². The summed E-state index contributed by atoms with van der Waals surface area (Å²) in [4.78, 5) is 27.2. The maximum absolute atomic E-state index is 12.4. The van der Waals surface area contributed by atoms with Crippen LogP contribution in [-0.2, 0) is 11.2 Å². The first-order valence-corrected chi connectivity index (χ1v) is 7.58. The Kier molecular flexibility index (Phi) is 3.65. The summed E-state index contributed by atoms with van der Waals surface area (Å²) in [7, 11) is 0. The number of ketones is 1. The molecule has 0 saturated carbocycles. The highest BCUT2D eigenvalue weighted by molar-refractivity contribution is 7.09. The summed E-state index contributed by atoms with van der Waals surface area (Å²) in [6.45, 7) is 0.499. The van der Waals surface area contributed by atoms with Gasteiger partial charge in [0, 0.05) is 29.8 Å². The van der Waals surface area contributed by atoms with Crippen LogP contribution in [0.25, 0.3) is 0 Å². The van der Waals surface area contributed by atoms with Gasteiger partial charge in [-0.15, -0.1) is 11.3 Å². The Morgan fingerprint density at radius 2 is 2.05 bits per heavy atom. The topological polar surface area (TPSA) is 37.4 Å². The number of anilines is 1. The van der Waals surface area contributed by atoms with Crippen molar-refractivity contribution < 1.29 is 9.59 Å². The van der Waals surface area contributed by atoms with Gasteiger partial charge in [0.25, 0.3) is 0 Å². The highest BCUT2D eigenvalue weighted by Gasteiger charge is 2.26. The van der Waals surface area contributed by atoms with Gasteiger partial charge in [0.15, 0.2) is 5.78 Å². The van der Waals surface area contributed by atoms with Crippen LogP contribution in [0.5, 0.6) is 0 Å². The Labute approximate surface area is 121 Å². The van der Waals surface area contributed by atoms with Gasteiger partial charge in [-0.05, 0) is 30.0 Å². The summed E-state index contributed by atoms with van der Waals surface area (Å²) in [6.07, 6.45) is 1.67. The largest absolute Gasteiger partial charge is 0.311 e. The maximum Gasteiger partial charge on any atom is 0.227 e. The van der Waals surface area contributed by atoms with E-state index in [1.54, 1.807) is 22.3 Å². The lowest BCUT2D eigenvalue weighted by atomic mass is 10.00. The zero-order chi connectivity index (χ0) is 13.9. The lowest BCUT2D eigenvalue weighted by Crippen LogP contribution is -2.37. The van der Waals surface area contributed by atoms with Crippen LogP contribution in [-0.4, -0.2) is 18.2 Å². The molecular weight excluding hydrogens is 270 g/mol. The van der Waals surface area contributed by atoms with E-state index in [4.69, 9.17) is 0 Å². The first-order chi connectivity index (χ1) is 9.75. The first-order valence-electron chi connectivity index (χ1n) is 6.70. The van der Waals surface area contributed by atoms with Crippen molar-refractivity contribution in [2.45, 2.75) is 19.3 Å². The molecule has 2 aromatic rings. The number of benzene rings is 1. The number of hydrogen-bond acceptors (Lipinski definition) is 3. The molecule has 0 fully saturated rings. The van der Waals surface area contributed by atoms with Crippen molar-refractivity contribution in [3.8, 4) is 0 Å². The Balaban J connectivity index is 1.75. The summed E-state index contributed by atoms with van der Waals surface area (Å²) < 4.78 is 0. The van der Waals surface area contributed by atoms with E-state index in [-0.39, 0.29) is 11.7 Å². The highest BCUT2D eigenvalue weighted by Crippen LogP contribution is 2.27. The molecular formula is C16H15NO2S. The second-order valence-electron chi connectivity index (χ2n) is 4.82. The number of aryl methyl sites for hydroxylation is 1. The molecule has 0 saturated heterocycles. The first kappa shape index (κ1) is 13.1. The maximum atomic E-state index is 12.4. The van der Waals surface area contributed by atoms with E-state index in [1.165, 1.54) is 4.88 Å². The number of Topliss-reactive ketones (excluding diaryl/α,β-unsaturated/α-hetero) is 1. The van der Waals surface area contributed by atoms with Crippen LogP contribution in [0.3, 0.4) is 0 Å². The predicted molar refractivity (Wildman–Crippen MR) is 80.4 cm³/mol. The summed E-state index contributed by atoms with van der Waals surface area (Å²) in [5.74, 6) is 0.223. The molecule has 0 aliphatic carbocycles. The van der Waals surface area contributed by atoms with Gasteiger partial charge in [-0.3, -0.25) is 9.59 Å². The van der Waals surface area contributed by atoms with Crippen molar-refractivity contribution >= 4 is 28.7 Å². The van der Waals surface area contributed by atoms with Gasteiger partial charge in [0.1, 0.15) is 0 Å². The molecule has 0 atom stereocenters. The van der Waals surface area contributed by atoms with E-state index in [0.717, 1.165) is 12.1 Å². The quantitative estimate of drug-likeness (QED) is 0.867. The van der Waals surface area contributed by atoms with E-state index in [9.17, 15) is 9.59 Å². The minimum atomic E-state index is 0.0957. The monoisotopic (exact) mass is 285 g/mol. The zero-order valence-electron chi connectivity index (χ0n) is 11.0. The number of amides is 1. The van der Waals surface area contributed by atoms with Crippen molar-refractivity contribution in [2.24, 2.45) is 0 Å². The molecule has 1 aliphatic heterocycles. The molecule has 3 rings (SSSR count). The van der Waals surface area contributed by atoms with Crippen LogP contribution in [0.2, 0.25) is 0 Å². The van der Waals surface area contributed by atoms with Gasteiger partial charge in [0.05, 0.1) is 5.69 Å². The molecule has 0 unspecified atom stereocenters. The van der Waals surface area contributed by atoms with Gasteiger partial charge >= 0.3 is 0 Å². The van der Waals surface area contributed by atoms with E-state index in [2.05, 4.69) is 0 Å². The fraction of sp³-hybridized carbons (Fsp3) is 0.250. The van der Waals surface area contributed by atoms with Crippen LogP contribution in [0.4, 0.5) is 5.69 Å². The van der Waals surface area contributed by atoms with Crippen LogP contribution in [0, 0.1) is 0 Å². The van der Waals surface area contributed by atoms with Crippen molar-refractivity contribution in [1.82, 2.24) is 0 Å².